The zero-order chi connectivity index (χ0) is 8.43. The molecule has 0 spiro atoms. The van der Waals surface area contributed by atoms with Crippen LogP contribution in [0.3, 0.4) is 0 Å². The van der Waals surface area contributed by atoms with Crippen LogP contribution in [0.2, 0.25) is 0 Å². The van der Waals surface area contributed by atoms with Gasteiger partial charge in [-0.3, -0.25) is 14.9 Å². The minimum Gasteiger partial charge on any atom is -0.274 e. The standard InChI is InChI=1S/C6H10N2O3/c1-3(2)4-5(9)7-6(10)8-11-4/h3-4H,1-2H3,(H2,7,8,9,10). The van der Waals surface area contributed by atoms with E-state index in [1.54, 1.807) is 0 Å². The number of urea groups is 1. The van der Waals surface area contributed by atoms with Crippen LogP contribution in [0.15, 0.2) is 0 Å². The molecule has 11 heavy (non-hydrogen) atoms. The number of hydrogen-bond acceptors (Lipinski definition) is 3. The number of hydrogen-bond donors (Lipinski definition) is 2. The van der Waals surface area contributed by atoms with Gasteiger partial charge in [0.1, 0.15) is 0 Å². The summed E-state index contributed by atoms with van der Waals surface area (Å²) < 4.78 is 0. The molecular weight excluding hydrogens is 148 g/mol. The number of imide groups is 1. The van der Waals surface area contributed by atoms with Crippen molar-refractivity contribution >= 4 is 11.9 Å². The van der Waals surface area contributed by atoms with Crippen LogP contribution in [-0.4, -0.2) is 18.0 Å². The summed E-state index contributed by atoms with van der Waals surface area (Å²) in [5.74, 6) is -0.334. The van der Waals surface area contributed by atoms with Crippen molar-refractivity contribution in [1.29, 1.82) is 0 Å². The summed E-state index contributed by atoms with van der Waals surface area (Å²) in [5.41, 5.74) is 2.07. The van der Waals surface area contributed by atoms with Crippen molar-refractivity contribution in [3.05, 3.63) is 0 Å². The SMILES string of the molecule is CC(C)C1ONC(=O)NC1=O. The zero-order valence-electron chi connectivity index (χ0n) is 6.38. The van der Waals surface area contributed by atoms with E-state index in [-0.39, 0.29) is 11.8 Å². The van der Waals surface area contributed by atoms with Gasteiger partial charge in [0.2, 0.25) is 0 Å². The molecule has 62 valence electrons. The van der Waals surface area contributed by atoms with E-state index < -0.39 is 12.1 Å². The Bertz CT molecular complexity index is 190. The number of nitrogens with one attached hydrogen (secondary N) is 2. The van der Waals surface area contributed by atoms with Gasteiger partial charge < -0.3 is 0 Å². The lowest BCUT2D eigenvalue weighted by molar-refractivity contribution is -0.143. The summed E-state index contributed by atoms with van der Waals surface area (Å²) in [5, 5.41) is 2.10. The highest BCUT2D eigenvalue weighted by molar-refractivity contribution is 5.97. The lowest BCUT2D eigenvalue weighted by Gasteiger charge is -2.24. The third-order valence-electron chi connectivity index (χ3n) is 1.38. The average molecular weight is 158 g/mol. The molecule has 1 atom stereocenters. The number of hydroxylamine groups is 1. The first-order valence-corrected chi connectivity index (χ1v) is 3.37. The Morgan fingerprint density at radius 1 is 1.45 bits per heavy atom. The molecule has 5 nitrogen and oxygen atoms in total. The summed E-state index contributed by atoms with van der Waals surface area (Å²) in [6.07, 6.45) is -0.576. The zero-order valence-corrected chi connectivity index (χ0v) is 6.38. The molecule has 1 unspecified atom stereocenters. The maximum absolute atomic E-state index is 10.9. The quantitative estimate of drug-likeness (QED) is 0.554. The van der Waals surface area contributed by atoms with Crippen LogP contribution in [0.25, 0.3) is 0 Å². The Labute approximate surface area is 64.0 Å². The van der Waals surface area contributed by atoms with Gasteiger partial charge in [-0.15, -0.1) is 0 Å². The van der Waals surface area contributed by atoms with Gasteiger partial charge in [0.25, 0.3) is 5.91 Å². The summed E-state index contributed by atoms with van der Waals surface area (Å²) in [6, 6.07) is -0.605. The van der Waals surface area contributed by atoms with E-state index in [2.05, 4.69) is 10.8 Å². The van der Waals surface area contributed by atoms with E-state index in [9.17, 15) is 9.59 Å². The van der Waals surface area contributed by atoms with Crippen molar-refractivity contribution < 1.29 is 14.4 Å². The topological polar surface area (TPSA) is 67.4 Å². The molecule has 0 saturated carbocycles. The molecule has 0 radical (unpaired) electrons. The minimum atomic E-state index is -0.605. The van der Waals surface area contributed by atoms with E-state index >= 15 is 0 Å². The number of carbonyl (C=O) groups excluding carboxylic acids is 2. The monoisotopic (exact) mass is 158 g/mol. The average Bonchev–Trinajstić information content (AvgIpc) is 1.85. The molecule has 1 fully saturated rings. The number of rotatable bonds is 1. The molecule has 0 aromatic rings. The molecule has 1 heterocycles. The second-order valence-electron chi connectivity index (χ2n) is 2.70. The van der Waals surface area contributed by atoms with Crippen molar-refractivity contribution in [3.63, 3.8) is 0 Å². The van der Waals surface area contributed by atoms with Gasteiger partial charge in [-0.2, -0.15) is 0 Å². The van der Waals surface area contributed by atoms with Crippen molar-refractivity contribution in [1.82, 2.24) is 10.8 Å². The fraction of sp³-hybridized carbons (Fsp3) is 0.667. The minimum absolute atomic E-state index is 0.0515. The molecule has 2 N–H and O–H groups in total. The van der Waals surface area contributed by atoms with Crippen molar-refractivity contribution in [2.45, 2.75) is 20.0 Å². The van der Waals surface area contributed by atoms with Gasteiger partial charge in [0.05, 0.1) is 0 Å². The summed E-state index contributed by atoms with van der Waals surface area (Å²) in [4.78, 5) is 26.2. The third kappa shape index (κ3) is 1.68. The van der Waals surface area contributed by atoms with Gasteiger partial charge in [0.15, 0.2) is 6.10 Å². The second-order valence-corrected chi connectivity index (χ2v) is 2.70. The first kappa shape index (κ1) is 8.00. The molecule has 1 aliphatic rings. The number of amides is 3. The lowest BCUT2D eigenvalue weighted by atomic mass is 10.1. The fourth-order valence-electron chi connectivity index (χ4n) is 0.818. The number of carbonyl (C=O) groups is 2. The molecule has 0 aromatic heterocycles. The Morgan fingerprint density at radius 3 is 2.55 bits per heavy atom. The Kier molecular flexibility index (Phi) is 2.09. The van der Waals surface area contributed by atoms with Gasteiger partial charge in [-0.25, -0.2) is 10.3 Å². The normalized spacial score (nSPS) is 24.8. The van der Waals surface area contributed by atoms with Gasteiger partial charge >= 0.3 is 6.03 Å². The van der Waals surface area contributed by atoms with Gasteiger partial charge in [0, 0.05) is 0 Å². The molecule has 1 rings (SSSR count). The van der Waals surface area contributed by atoms with Crippen LogP contribution in [0.4, 0.5) is 4.79 Å². The maximum Gasteiger partial charge on any atom is 0.345 e. The smallest absolute Gasteiger partial charge is 0.274 e. The first-order valence-electron chi connectivity index (χ1n) is 3.37. The highest BCUT2D eigenvalue weighted by atomic mass is 16.7. The van der Waals surface area contributed by atoms with Crippen LogP contribution in [0.5, 0.6) is 0 Å². The molecular formula is C6H10N2O3. The maximum atomic E-state index is 10.9. The summed E-state index contributed by atoms with van der Waals surface area (Å²) in [7, 11) is 0. The molecule has 0 aliphatic carbocycles. The Morgan fingerprint density at radius 2 is 2.09 bits per heavy atom. The van der Waals surface area contributed by atoms with Crippen molar-refractivity contribution in [3.8, 4) is 0 Å². The van der Waals surface area contributed by atoms with E-state index in [1.807, 2.05) is 13.8 Å². The van der Waals surface area contributed by atoms with Crippen LogP contribution in [0.1, 0.15) is 13.8 Å². The third-order valence-corrected chi connectivity index (χ3v) is 1.38. The molecule has 1 saturated heterocycles. The molecule has 3 amide bonds. The molecule has 1 aliphatic heterocycles. The Balaban J connectivity index is 2.57. The fourth-order valence-corrected chi connectivity index (χ4v) is 0.818. The van der Waals surface area contributed by atoms with Crippen LogP contribution in [-0.2, 0) is 9.63 Å². The predicted molar refractivity (Wildman–Crippen MR) is 36.4 cm³/mol. The van der Waals surface area contributed by atoms with E-state index in [0.29, 0.717) is 0 Å². The Hall–Kier alpha value is -1.10. The molecule has 0 aromatic carbocycles. The largest absolute Gasteiger partial charge is 0.345 e. The van der Waals surface area contributed by atoms with Gasteiger partial charge in [-0.05, 0) is 5.92 Å². The predicted octanol–water partition coefficient (Wildman–Crippen LogP) is -0.218. The van der Waals surface area contributed by atoms with Crippen molar-refractivity contribution in [2.24, 2.45) is 5.92 Å². The highest BCUT2D eigenvalue weighted by Gasteiger charge is 2.29. The second kappa shape index (κ2) is 2.87. The highest BCUT2D eigenvalue weighted by Crippen LogP contribution is 2.07. The molecule has 0 bridgehead atoms. The van der Waals surface area contributed by atoms with Crippen LogP contribution >= 0.6 is 0 Å². The van der Waals surface area contributed by atoms with Crippen LogP contribution < -0.4 is 10.8 Å². The summed E-state index contributed by atoms with van der Waals surface area (Å²) >= 11 is 0. The van der Waals surface area contributed by atoms with Gasteiger partial charge in [-0.1, -0.05) is 13.8 Å². The molecule has 5 heteroatoms. The lowest BCUT2D eigenvalue weighted by Crippen LogP contribution is -2.55. The van der Waals surface area contributed by atoms with Crippen LogP contribution in [0, 0.1) is 5.92 Å². The van der Waals surface area contributed by atoms with E-state index in [1.165, 1.54) is 0 Å². The van der Waals surface area contributed by atoms with Crippen molar-refractivity contribution in [2.75, 3.05) is 0 Å². The summed E-state index contributed by atoms with van der Waals surface area (Å²) in [6.45, 7) is 3.67. The van der Waals surface area contributed by atoms with E-state index in [4.69, 9.17) is 4.84 Å². The first-order chi connectivity index (χ1) is 5.11. The van der Waals surface area contributed by atoms with E-state index in [0.717, 1.165) is 0 Å².